The number of aryl methyl sites for hydroxylation is 1. The van der Waals surface area contributed by atoms with E-state index in [0.29, 0.717) is 5.82 Å². The quantitative estimate of drug-likeness (QED) is 0.844. The molecule has 0 atom stereocenters. The van der Waals surface area contributed by atoms with E-state index < -0.39 is 5.97 Å². The average Bonchev–Trinajstić information content (AvgIpc) is 2.29. The predicted molar refractivity (Wildman–Crippen MR) is 63.5 cm³/mol. The Bertz CT molecular complexity index is 555. The molecule has 17 heavy (non-hydrogen) atoms. The maximum Gasteiger partial charge on any atom is 0.335 e. The molecule has 0 aromatic carbocycles. The lowest BCUT2D eigenvalue weighted by Gasteiger charge is -2.06. The van der Waals surface area contributed by atoms with Crippen LogP contribution in [-0.2, 0) is 0 Å². The molecular weight excluding hydrogens is 218 g/mol. The summed E-state index contributed by atoms with van der Waals surface area (Å²) >= 11 is 0. The van der Waals surface area contributed by atoms with E-state index in [-0.39, 0.29) is 5.56 Å². The summed E-state index contributed by atoms with van der Waals surface area (Å²) in [7, 11) is 0. The van der Waals surface area contributed by atoms with E-state index in [1.165, 1.54) is 18.3 Å². The zero-order chi connectivity index (χ0) is 12.3. The molecule has 2 aromatic rings. The Morgan fingerprint density at radius 1 is 1.35 bits per heavy atom. The summed E-state index contributed by atoms with van der Waals surface area (Å²) in [6.45, 7) is 1.93. The van der Waals surface area contributed by atoms with Crippen molar-refractivity contribution < 1.29 is 9.90 Å². The highest BCUT2D eigenvalue weighted by Crippen LogP contribution is 2.15. The lowest BCUT2D eigenvalue weighted by Crippen LogP contribution is -2.00. The van der Waals surface area contributed by atoms with Gasteiger partial charge in [-0.1, -0.05) is 0 Å². The lowest BCUT2D eigenvalue weighted by atomic mass is 10.2. The summed E-state index contributed by atoms with van der Waals surface area (Å²) in [5, 5.41) is 11.9. The average molecular weight is 229 g/mol. The first kappa shape index (κ1) is 11.1. The molecule has 0 aliphatic carbocycles. The molecule has 0 aliphatic heterocycles. The van der Waals surface area contributed by atoms with Gasteiger partial charge in [0, 0.05) is 12.4 Å². The summed E-state index contributed by atoms with van der Waals surface area (Å²) in [4.78, 5) is 18.9. The third kappa shape index (κ3) is 2.78. The van der Waals surface area contributed by atoms with Crippen molar-refractivity contribution in [3.63, 3.8) is 0 Å². The minimum absolute atomic E-state index is 0.197. The molecule has 2 aromatic heterocycles. The van der Waals surface area contributed by atoms with E-state index in [9.17, 15) is 4.79 Å². The number of aromatic nitrogens is 2. The standard InChI is InChI=1S/C12H11N3O2/c1-8-4-10(7-13-6-8)15-11-5-9(12(16)17)2-3-14-11/h2-7H,1H3,(H,14,15)(H,16,17). The molecule has 2 rings (SSSR count). The normalized spacial score (nSPS) is 9.94. The Morgan fingerprint density at radius 2 is 2.18 bits per heavy atom. The number of carboxylic acid groups (broad SMARTS) is 1. The second-order valence-electron chi connectivity index (χ2n) is 3.61. The first-order chi connectivity index (χ1) is 8.15. The van der Waals surface area contributed by atoms with Crippen molar-refractivity contribution in [3.8, 4) is 0 Å². The topological polar surface area (TPSA) is 75.1 Å². The fourth-order valence-corrected chi connectivity index (χ4v) is 1.40. The summed E-state index contributed by atoms with van der Waals surface area (Å²) in [6, 6.07) is 4.83. The Morgan fingerprint density at radius 3 is 2.88 bits per heavy atom. The molecule has 0 aliphatic rings. The van der Waals surface area contributed by atoms with Crippen LogP contribution in [0.25, 0.3) is 0 Å². The highest BCUT2D eigenvalue weighted by Gasteiger charge is 2.04. The number of hydrogen-bond acceptors (Lipinski definition) is 4. The van der Waals surface area contributed by atoms with Crippen LogP contribution in [0.5, 0.6) is 0 Å². The smallest absolute Gasteiger partial charge is 0.335 e. The van der Waals surface area contributed by atoms with Crippen LogP contribution < -0.4 is 5.32 Å². The summed E-state index contributed by atoms with van der Waals surface area (Å²) in [6.07, 6.45) is 4.85. The molecule has 2 heterocycles. The number of rotatable bonds is 3. The van der Waals surface area contributed by atoms with Gasteiger partial charge in [-0.15, -0.1) is 0 Å². The van der Waals surface area contributed by atoms with Gasteiger partial charge in [0.05, 0.1) is 17.4 Å². The molecular formula is C12H11N3O2. The molecule has 0 amide bonds. The highest BCUT2D eigenvalue weighted by atomic mass is 16.4. The van der Waals surface area contributed by atoms with E-state index in [1.807, 2.05) is 13.0 Å². The van der Waals surface area contributed by atoms with Crippen LogP contribution in [0.15, 0.2) is 36.8 Å². The number of aromatic carboxylic acids is 1. The molecule has 0 radical (unpaired) electrons. The molecule has 0 saturated heterocycles. The zero-order valence-corrected chi connectivity index (χ0v) is 9.21. The van der Waals surface area contributed by atoms with Crippen LogP contribution in [0.3, 0.4) is 0 Å². The van der Waals surface area contributed by atoms with Gasteiger partial charge in [-0.3, -0.25) is 4.98 Å². The van der Waals surface area contributed by atoms with Crippen LogP contribution in [0.4, 0.5) is 11.5 Å². The van der Waals surface area contributed by atoms with Crippen molar-refractivity contribution in [1.29, 1.82) is 0 Å². The van der Waals surface area contributed by atoms with Crippen LogP contribution in [0, 0.1) is 6.92 Å². The summed E-state index contributed by atoms with van der Waals surface area (Å²) in [5.41, 5.74) is 1.99. The van der Waals surface area contributed by atoms with Gasteiger partial charge < -0.3 is 10.4 Å². The van der Waals surface area contributed by atoms with Gasteiger partial charge in [-0.25, -0.2) is 9.78 Å². The molecule has 0 saturated carbocycles. The maximum absolute atomic E-state index is 10.8. The minimum Gasteiger partial charge on any atom is -0.478 e. The van der Waals surface area contributed by atoms with E-state index in [2.05, 4.69) is 15.3 Å². The largest absolute Gasteiger partial charge is 0.478 e. The SMILES string of the molecule is Cc1cncc(Nc2cc(C(=O)O)ccn2)c1. The van der Waals surface area contributed by atoms with Gasteiger partial charge >= 0.3 is 5.97 Å². The van der Waals surface area contributed by atoms with Crippen LogP contribution in [-0.4, -0.2) is 21.0 Å². The number of carbonyl (C=O) groups is 1. The zero-order valence-electron chi connectivity index (χ0n) is 9.21. The van der Waals surface area contributed by atoms with Gasteiger partial charge in [0.2, 0.25) is 0 Å². The van der Waals surface area contributed by atoms with Crippen LogP contribution in [0.1, 0.15) is 15.9 Å². The first-order valence-electron chi connectivity index (χ1n) is 5.03. The molecule has 0 bridgehead atoms. The number of pyridine rings is 2. The number of carboxylic acids is 1. The van der Waals surface area contributed by atoms with Crippen molar-refractivity contribution in [3.05, 3.63) is 47.9 Å². The molecule has 0 spiro atoms. The van der Waals surface area contributed by atoms with E-state index in [1.54, 1.807) is 12.4 Å². The number of hydrogen-bond donors (Lipinski definition) is 2. The Labute approximate surface area is 98.2 Å². The van der Waals surface area contributed by atoms with Crippen molar-refractivity contribution in [2.75, 3.05) is 5.32 Å². The molecule has 5 heteroatoms. The molecule has 2 N–H and O–H groups in total. The van der Waals surface area contributed by atoms with E-state index >= 15 is 0 Å². The second kappa shape index (κ2) is 4.61. The molecule has 5 nitrogen and oxygen atoms in total. The monoisotopic (exact) mass is 229 g/mol. The third-order valence-corrected chi connectivity index (χ3v) is 2.15. The molecule has 86 valence electrons. The van der Waals surface area contributed by atoms with Gasteiger partial charge in [0.15, 0.2) is 0 Å². The van der Waals surface area contributed by atoms with Gasteiger partial charge in [-0.05, 0) is 30.7 Å². The Balaban J connectivity index is 2.24. The molecule has 0 unspecified atom stereocenters. The van der Waals surface area contributed by atoms with Crippen molar-refractivity contribution >= 4 is 17.5 Å². The highest BCUT2D eigenvalue weighted by molar-refractivity contribution is 5.88. The number of anilines is 2. The van der Waals surface area contributed by atoms with Gasteiger partial charge in [-0.2, -0.15) is 0 Å². The van der Waals surface area contributed by atoms with E-state index in [0.717, 1.165) is 11.3 Å². The van der Waals surface area contributed by atoms with Crippen LogP contribution >= 0.6 is 0 Å². The Hall–Kier alpha value is -2.43. The maximum atomic E-state index is 10.8. The predicted octanol–water partition coefficient (Wildman–Crippen LogP) is 2.23. The van der Waals surface area contributed by atoms with E-state index in [4.69, 9.17) is 5.11 Å². The fraction of sp³-hybridized carbons (Fsp3) is 0.0833. The van der Waals surface area contributed by atoms with Gasteiger partial charge in [0.25, 0.3) is 0 Å². The minimum atomic E-state index is -0.974. The van der Waals surface area contributed by atoms with Gasteiger partial charge in [0.1, 0.15) is 5.82 Å². The van der Waals surface area contributed by atoms with Crippen molar-refractivity contribution in [2.24, 2.45) is 0 Å². The number of nitrogens with zero attached hydrogens (tertiary/aromatic N) is 2. The third-order valence-electron chi connectivity index (χ3n) is 2.15. The first-order valence-corrected chi connectivity index (χ1v) is 5.03. The number of nitrogens with one attached hydrogen (secondary N) is 1. The molecule has 0 fully saturated rings. The second-order valence-corrected chi connectivity index (χ2v) is 3.61. The summed E-state index contributed by atoms with van der Waals surface area (Å²) < 4.78 is 0. The van der Waals surface area contributed by atoms with Crippen molar-refractivity contribution in [1.82, 2.24) is 9.97 Å². The fourth-order valence-electron chi connectivity index (χ4n) is 1.40. The lowest BCUT2D eigenvalue weighted by molar-refractivity contribution is 0.0697. The van der Waals surface area contributed by atoms with Crippen LogP contribution in [0.2, 0.25) is 0 Å². The Kier molecular flexibility index (Phi) is 3.00. The summed E-state index contributed by atoms with van der Waals surface area (Å²) in [5.74, 6) is -0.491. The van der Waals surface area contributed by atoms with Crippen molar-refractivity contribution in [2.45, 2.75) is 6.92 Å².